The molecule has 0 aromatic carbocycles. The predicted octanol–water partition coefficient (Wildman–Crippen LogP) is 3.18. The number of hydrogen-bond acceptors (Lipinski definition) is 3. The topological polar surface area (TPSA) is 58.6 Å². The molecule has 0 aromatic heterocycles. The molecule has 1 saturated carbocycles. The Balaban J connectivity index is 2.24. The normalized spacial score (nSPS) is 21.2. The Kier molecular flexibility index (Phi) is 7.20. The maximum absolute atomic E-state index is 11.6. The van der Waals surface area contributed by atoms with Gasteiger partial charge >= 0.3 is 6.09 Å². The molecule has 22 heavy (non-hydrogen) atoms. The van der Waals surface area contributed by atoms with E-state index in [-0.39, 0.29) is 18.7 Å². The van der Waals surface area contributed by atoms with E-state index in [1.165, 1.54) is 0 Å². The van der Waals surface area contributed by atoms with Gasteiger partial charge < -0.3 is 15.2 Å². The van der Waals surface area contributed by atoms with E-state index >= 15 is 0 Å². The smallest absolute Gasteiger partial charge is 0.407 e. The third-order valence-electron chi connectivity index (χ3n) is 3.34. The average molecular weight is 305 g/mol. The fourth-order valence-electron chi connectivity index (χ4n) is 2.21. The summed E-state index contributed by atoms with van der Waals surface area (Å²) in [4.78, 5) is 11.6. The molecule has 0 aliphatic heterocycles. The van der Waals surface area contributed by atoms with Crippen LogP contribution in [0, 0.1) is 17.8 Å². The third-order valence-corrected chi connectivity index (χ3v) is 3.34. The summed E-state index contributed by atoms with van der Waals surface area (Å²) in [5, 5.41) is 12.0. The van der Waals surface area contributed by atoms with E-state index in [4.69, 9.17) is 9.84 Å². The fourth-order valence-corrected chi connectivity index (χ4v) is 2.21. The van der Waals surface area contributed by atoms with Gasteiger partial charge in [-0.3, -0.25) is 0 Å². The van der Waals surface area contributed by atoms with E-state index < -0.39 is 5.60 Å². The molecule has 1 aliphatic carbocycles. The highest BCUT2D eigenvalue weighted by molar-refractivity contribution is 5.68. The van der Waals surface area contributed by atoms with E-state index in [1.807, 2.05) is 20.8 Å². The Labute approximate surface area is 133 Å². The lowest BCUT2D eigenvalue weighted by atomic mass is 9.78. The van der Waals surface area contributed by atoms with Crippen molar-refractivity contribution in [1.29, 1.82) is 0 Å². The zero-order valence-corrected chi connectivity index (χ0v) is 13.8. The highest BCUT2D eigenvalue weighted by atomic mass is 16.6. The van der Waals surface area contributed by atoms with Crippen LogP contribution in [0.15, 0.2) is 24.3 Å². The van der Waals surface area contributed by atoms with E-state index in [0.717, 1.165) is 24.8 Å². The van der Waals surface area contributed by atoms with Crippen LogP contribution in [0.25, 0.3) is 0 Å². The van der Waals surface area contributed by atoms with Gasteiger partial charge in [-0.15, -0.1) is 6.58 Å². The lowest BCUT2D eigenvalue weighted by Gasteiger charge is -2.35. The van der Waals surface area contributed by atoms with Crippen LogP contribution in [0.1, 0.15) is 46.5 Å². The lowest BCUT2D eigenvalue weighted by Crippen LogP contribution is -2.46. The van der Waals surface area contributed by atoms with E-state index in [0.29, 0.717) is 12.3 Å². The first-order valence-corrected chi connectivity index (χ1v) is 7.71. The number of amides is 1. The second-order valence-corrected chi connectivity index (χ2v) is 6.66. The van der Waals surface area contributed by atoms with E-state index in [2.05, 4.69) is 23.7 Å². The highest BCUT2D eigenvalue weighted by Crippen LogP contribution is 2.30. The van der Waals surface area contributed by atoms with Crippen molar-refractivity contribution in [3.8, 4) is 11.8 Å². The minimum atomic E-state index is -0.457. The monoisotopic (exact) mass is 305 g/mol. The summed E-state index contributed by atoms with van der Waals surface area (Å²) in [5.41, 5.74) is 0.418. The summed E-state index contributed by atoms with van der Waals surface area (Å²) in [7, 11) is 0. The average Bonchev–Trinajstić information content (AvgIpc) is 2.36. The minimum absolute atomic E-state index is 0.0199. The molecular formula is C18H27NO3. The number of aliphatic hydroxyl groups excluding tert-OH is 1. The lowest BCUT2D eigenvalue weighted by molar-refractivity contribution is 0.0454. The molecule has 1 amide bonds. The maximum Gasteiger partial charge on any atom is 0.407 e. The molecule has 0 atom stereocenters. The van der Waals surface area contributed by atoms with E-state index in [1.54, 1.807) is 12.2 Å². The Bertz CT molecular complexity index is 471. The zero-order valence-electron chi connectivity index (χ0n) is 13.8. The van der Waals surface area contributed by atoms with Gasteiger partial charge in [0.2, 0.25) is 0 Å². The zero-order chi connectivity index (χ0) is 16.6. The van der Waals surface area contributed by atoms with Gasteiger partial charge in [-0.25, -0.2) is 4.79 Å². The van der Waals surface area contributed by atoms with Crippen LogP contribution in [-0.4, -0.2) is 29.4 Å². The Morgan fingerprint density at radius 1 is 1.45 bits per heavy atom. The molecule has 0 unspecified atom stereocenters. The number of nitrogens with one attached hydrogen (secondary N) is 1. The first-order chi connectivity index (χ1) is 10.3. The maximum atomic E-state index is 11.6. The van der Waals surface area contributed by atoms with E-state index in [9.17, 15) is 4.79 Å². The fraction of sp³-hybridized carbons (Fsp3) is 0.611. The van der Waals surface area contributed by atoms with Crippen molar-refractivity contribution in [2.24, 2.45) is 5.92 Å². The largest absolute Gasteiger partial charge is 0.444 e. The molecule has 4 nitrogen and oxygen atoms in total. The Morgan fingerprint density at radius 2 is 2.14 bits per heavy atom. The molecule has 2 N–H and O–H groups in total. The summed E-state index contributed by atoms with van der Waals surface area (Å²) in [6.07, 6.45) is 6.53. The van der Waals surface area contributed by atoms with Crippen molar-refractivity contribution in [3.05, 3.63) is 24.3 Å². The summed E-state index contributed by atoms with van der Waals surface area (Å²) in [6, 6.07) is 0.200. The van der Waals surface area contributed by atoms with Gasteiger partial charge in [-0.2, -0.15) is 0 Å². The Morgan fingerprint density at radius 3 is 2.68 bits per heavy atom. The van der Waals surface area contributed by atoms with Crippen LogP contribution in [0.5, 0.6) is 0 Å². The van der Waals surface area contributed by atoms with Crippen LogP contribution in [0.4, 0.5) is 4.79 Å². The number of rotatable bonds is 5. The number of carbonyl (C=O) groups is 1. The SMILES string of the molecule is C=CC/C(=C\C#CC[C@H]1C[C@H](NC(=O)OC(C)(C)C)C1)CO. The number of aliphatic hydroxyl groups is 1. The van der Waals surface area contributed by atoms with Gasteiger partial charge in [-0.1, -0.05) is 17.9 Å². The van der Waals surface area contributed by atoms with Crippen molar-refractivity contribution in [2.75, 3.05) is 6.61 Å². The summed E-state index contributed by atoms with van der Waals surface area (Å²) >= 11 is 0. The second kappa shape index (κ2) is 8.65. The predicted molar refractivity (Wildman–Crippen MR) is 88.3 cm³/mol. The van der Waals surface area contributed by atoms with Crippen LogP contribution in [-0.2, 0) is 4.74 Å². The second-order valence-electron chi connectivity index (χ2n) is 6.66. The molecule has 1 aliphatic rings. The van der Waals surface area contributed by atoms with Crippen molar-refractivity contribution in [1.82, 2.24) is 5.32 Å². The molecular weight excluding hydrogens is 278 g/mol. The van der Waals surface area contributed by atoms with Crippen LogP contribution >= 0.6 is 0 Å². The summed E-state index contributed by atoms with van der Waals surface area (Å²) in [6.45, 7) is 9.22. The molecule has 1 fully saturated rings. The number of allylic oxidation sites excluding steroid dienone is 2. The molecule has 122 valence electrons. The summed E-state index contributed by atoms with van der Waals surface area (Å²) < 4.78 is 5.22. The van der Waals surface area contributed by atoms with Gasteiger partial charge in [0.25, 0.3) is 0 Å². The number of ether oxygens (including phenoxy) is 1. The minimum Gasteiger partial charge on any atom is -0.444 e. The first kappa shape index (κ1) is 18.3. The standard InChI is InChI=1S/C18H27NO3/c1-5-8-14(13-20)9-6-7-10-15-11-16(12-15)19-17(21)22-18(2,3)4/h5,9,15-16,20H,1,8,10-13H2,2-4H3,(H,19,21)/b14-9+/t15-,16-. The number of hydrogen-bond donors (Lipinski definition) is 2. The van der Waals surface area contributed by atoms with Gasteiger partial charge in [0.15, 0.2) is 0 Å². The van der Waals surface area contributed by atoms with Crippen LogP contribution in [0.3, 0.4) is 0 Å². The number of carbonyl (C=O) groups excluding carboxylic acids is 1. The molecule has 0 saturated heterocycles. The van der Waals surface area contributed by atoms with Crippen molar-refractivity contribution in [3.63, 3.8) is 0 Å². The van der Waals surface area contributed by atoms with Gasteiger partial charge in [0, 0.05) is 12.5 Å². The quantitative estimate of drug-likeness (QED) is 0.606. The molecule has 0 aromatic rings. The number of alkyl carbamates (subject to hydrolysis) is 1. The van der Waals surface area contributed by atoms with Crippen molar-refractivity contribution in [2.45, 2.75) is 58.1 Å². The molecule has 0 radical (unpaired) electrons. The Hall–Kier alpha value is -1.73. The third kappa shape index (κ3) is 7.33. The highest BCUT2D eigenvalue weighted by Gasteiger charge is 2.30. The molecule has 0 heterocycles. The van der Waals surface area contributed by atoms with Gasteiger partial charge in [0.1, 0.15) is 5.60 Å². The molecule has 4 heteroatoms. The molecule has 1 rings (SSSR count). The molecule has 0 spiro atoms. The van der Waals surface area contributed by atoms with Gasteiger partial charge in [-0.05, 0) is 57.6 Å². The van der Waals surface area contributed by atoms with Crippen molar-refractivity contribution >= 4 is 6.09 Å². The molecule has 0 bridgehead atoms. The van der Waals surface area contributed by atoms with Crippen molar-refractivity contribution < 1.29 is 14.6 Å². The first-order valence-electron chi connectivity index (χ1n) is 7.71. The van der Waals surface area contributed by atoms with Crippen LogP contribution in [0.2, 0.25) is 0 Å². The van der Waals surface area contributed by atoms with Gasteiger partial charge in [0.05, 0.1) is 6.61 Å². The van der Waals surface area contributed by atoms with Crippen LogP contribution < -0.4 is 5.32 Å². The summed E-state index contributed by atoms with van der Waals surface area (Å²) in [5.74, 6) is 6.61.